The molecule has 18 N–H and O–H groups in total. The van der Waals surface area contributed by atoms with E-state index in [1.54, 1.807) is 52.5 Å². The van der Waals surface area contributed by atoms with Gasteiger partial charge in [-0.25, -0.2) is 0 Å². The number of nitrogens with zero attached hydrogens (tertiary/aromatic N) is 14. The summed E-state index contributed by atoms with van der Waals surface area (Å²) in [6.07, 6.45) is -3.33. The molecule has 4 aromatic carbocycles. The second-order valence-corrected chi connectivity index (χ2v) is 38.2. The number of Topliss-reactive ketones (excluding diaryl/α,β-unsaturated/α-hetero) is 4. The Bertz CT molecular complexity index is 5580. The van der Waals surface area contributed by atoms with Crippen LogP contribution >= 0.6 is 0 Å². The minimum atomic E-state index is -1.55. The minimum Gasteiger partial charge on any atom is -0.508 e. The molecule has 0 bridgehead atoms. The Hall–Kier alpha value is -14.1. The summed E-state index contributed by atoms with van der Waals surface area (Å²) >= 11 is 0. The van der Waals surface area contributed by atoms with E-state index in [1.165, 1.54) is 36.3 Å². The van der Waals surface area contributed by atoms with Crippen LogP contribution in [0.25, 0.3) is 34.2 Å². The van der Waals surface area contributed by atoms with Crippen molar-refractivity contribution in [2.45, 2.75) is 213 Å². The molecule has 147 heavy (non-hydrogen) atoms. The fourth-order valence-corrected chi connectivity index (χ4v) is 18.4. The maximum atomic E-state index is 14.9. The lowest BCUT2D eigenvalue weighted by Gasteiger charge is -2.36. The summed E-state index contributed by atoms with van der Waals surface area (Å²) in [4.78, 5) is 239. The third-order valence-corrected chi connectivity index (χ3v) is 26.5. The molecule has 0 unspecified atom stereocenters. The molecule has 0 spiro atoms. The van der Waals surface area contributed by atoms with Crippen LogP contribution in [0.3, 0.4) is 0 Å². The number of nitrogens with two attached hydrogens (primary N) is 3. The molecule has 46 nitrogen and oxygen atoms in total. The second kappa shape index (κ2) is 57.1. The van der Waals surface area contributed by atoms with Gasteiger partial charge in [-0.3, -0.25) is 120 Å². The molecule has 3 aliphatic rings. The first kappa shape index (κ1) is 116. The maximum Gasteiger partial charge on any atom is 0.320 e. The number of hydrogen-bond acceptors (Lipinski definition) is 31. The van der Waals surface area contributed by atoms with Gasteiger partial charge in [0.2, 0.25) is 53.0 Å². The summed E-state index contributed by atoms with van der Waals surface area (Å²) in [7, 11) is 0. The molecule has 800 valence electrons. The number of aromatic nitrogens is 6. The largest absolute Gasteiger partial charge is 0.508 e. The quantitative estimate of drug-likeness (QED) is 0.0243. The molecule has 9 amide bonds. The van der Waals surface area contributed by atoms with E-state index in [-0.39, 0.29) is 209 Å². The van der Waals surface area contributed by atoms with E-state index in [0.29, 0.717) is 120 Å². The van der Waals surface area contributed by atoms with E-state index in [2.05, 4.69) is 51.5 Å². The number of primary amides is 3. The molecular weight excluding hydrogens is 1910 g/mol. The maximum absolute atomic E-state index is 14.9. The number of unbranched alkanes of at least 4 members (excludes halogenated alkanes) is 2. The van der Waals surface area contributed by atoms with E-state index < -0.39 is 171 Å². The number of phenols is 4. The first-order valence-electron chi connectivity index (χ1n) is 50.1. The van der Waals surface area contributed by atoms with E-state index in [1.807, 2.05) is 64.1 Å². The molecule has 3 saturated heterocycles. The highest BCUT2D eigenvalue weighted by Gasteiger charge is 2.37. The van der Waals surface area contributed by atoms with Crippen molar-refractivity contribution in [3.8, 4) is 57.1 Å². The van der Waals surface area contributed by atoms with Crippen molar-refractivity contribution in [3.05, 3.63) is 107 Å². The number of carbonyl (C=O) groups excluding carboxylic acids is 13. The number of ketones is 4. The molecule has 3 aliphatic heterocycles. The van der Waals surface area contributed by atoms with Crippen molar-refractivity contribution in [2.75, 3.05) is 137 Å². The van der Waals surface area contributed by atoms with Crippen LogP contribution in [-0.4, -0.2) is 365 Å². The number of amides is 9. The predicted octanol–water partition coefficient (Wildman–Crippen LogP) is 3.40. The van der Waals surface area contributed by atoms with Crippen LogP contribution in [0.4, 0.5) is 0 Å². The van der Waals surface area contributed by atoms with Crippen LogP contribution in [-0.2, 0) is 85.0 Å². The van der Waals surface area contributed by atoms with Gasteiger partial charge in [0.05, 0.1) is 42.8 Å². The number of carboxylic acids is 4. The number of aromatic hydroxyl groups is 4. The molecule has 0 saturated carbocycles. The summed E-state index contributed by atoms with van der Waals surface area (Å²) in [6, 6.07) is 16.1. The molecule has 46 heteroatoms. The van der Waals surface area contributed by atoms with Gasteiger partial charge in [-0.05, 0) is 129 Å². The smallest absolute Gasteiger partial charge is 0.320 e. The lowest BCUT2D eigenvalue weighted by atomic mass is 9.90. The zero-order valence-corrected chi connectivity index (χ0v) is 84.4. The SMILES string of the molecule is CCNC(=O)c1nnc(-c2cc(C(C)C)c(O)cc2O)n1-c1ccc(CN2CCN(C(=O)CCC(=O)C[C@@H](CCCCCC(=O)CCCC(=O)[C@@H](CCC(N)=O)NC(=O)[C@@H](CCC(N)=O)CC(=O)[C@@H](CCC(N)=O)NC(=O)CC[C@H](C(=O)O)N3CCN(CC(=O)O)CCN(CC(=O)O)CCN(CC(=O)O)CC3)C(=O)N3CCN(Cc4ccc(-n5c(C(=O)NCC)nnc5-c5cc(C(C)C)c(O)cc5O)cc4)CC3)CC2)cc1. The Morgan fingerprint density at radius 1 is 0.388 bits per heavy atom. The highest BCUT2D eigenvalue weighted by Crippen LogP contribution is 2.41. The van der Waals surface area contributed by atoms with Gasteiger partial charge in [-0.15, -0.1) is 20.4 Å². The first-order valence-corrected chi connectivity index (χ1v) is 50.1. The van der Waals surface area contributed by atoms with Crippen molar-refractivity contribution in [2.24, 2.45) is 29.0 Å². The molecular formula is C101H141N21O25. The lowest BCUT2D eigenvalue weighted by molar-refractivity contribution is -0.145. The number of benzene rings is 4. The summed E-state index contributed by atoms with van der Waals surface area (Å²) in [5, 5.41) is 111. The van der Waals surface area contributed by atoms with Gasteiger partial charge in [0.1, 0.15) is 40.6 Å². The highest BCUT2D eigenvalue weighted by atomic mass is 16.4. The number of nitrogens with one attached hydrogen (secondary N) is 4. The van der Waals surface area contributed by atoms with Crippen molar-refractivity contribution < 1.29 is 122 Å². The summed E-state index contributed by atoms with van der Waals surface area (Å²) in [6.45, 7) is 14.5. The van der Waals surface area contributed by atoms with E-state index >= 15 is 0 Å². The zero-order valence-electron chi connectivity index (χ0n) is 84.4. The molecule has 5 heterocycles. The number of rotatable bonds is 57. The summed E-state index contributed by atoms with van der Waals surface area (Å²) < 4.78 is 3.09. The summed E-state index contributed by atoms with van der Waals surface area (Å²) in [5.74, 6) is -15.8. The Balaban J connectivity index is 0.808. The van der Waals surface area contributed by atoms with Crippen molar-refractivity contribution in [3.63, 3.8) is 0 Å². The van der Waals surface area contributed by atoms with Crippen LogP contribution in [0, 0.1) is 11.8 Å². The monoisotopic (exact) mass is 2050 g/mol. The van der Waals surface area contributed by atoms with Crippen LogP contribution in [0.5, 0.6) is 23.0 Å². The Morgan fingerprint density at radius 2 is 0.810 bits per heavy atom. The minimum absolute atomic E-state index is 0.00448. The third kappa shape index (κ3) is 35.9. The van der Waals surface area contributed by atoms with Crippen LogP contribution in [0.1, 0.15) is 225 Å². The van der Waals surface area contributed by atoms with Gasteiger partial charge in [-0.2, -0.15) is 0 Å². The van der Waals surface area contributed by atoms with Gasteiger partial charge in [0, 0.05) is 237 Å². The lowest BCUT2D eigenvalue weighted by Crippen LogP contribution is -2.52. The molecule has 5 atom stereocenters. The average Bonchev–Trinajstić information content (AvgIpc) is 1.64. The normalized spacial score (nSPS) is 15.6. The van der Waals surface area contributed by atoms with Gasteiger partial charge in [0.15, 0.2) is 23.2 Å². The van der Waals surface area contributed by atoms with Gasteiger partial charge >= 0.3 is 23.9 Å². The van der Waals surface area contributed by atoms with E-state index in [0.717, 1.165) is 11.1 Å². The third-order valence-electron chi connectivity index (χ3n) is 26.5. The Labute approximate surface area is 851 Å². The number of carboxylic acid groups (broad SMARTS) is 4. The Kier molecular flexibility index (Phi) is 45.3. The van der Waals surface area contributed by atoms with E-state index in [4.69, 9.17) is 17.2 Å². The Morgan fingerprint density at radius 3 is 1.24 bits per heavy atom. The van der Waals surface area contributed by atoms with Crippen molar-refractivity contribution in [1.29, 1.82) is 0 Å². The standard InChI is InChI=1S/C101H141N21O25/c1-7-105-98(143)95-111-109-93(74-53-72(62(3)4)80(126)55-82(74)128)121(95)68-22-17-64(18-23-68)57-113-41-47-119(48-42-113)89(135)34-26-71(124)51-67(100(145)120-49-43-114(44-50-120)58-65-19-24-69(25-20-65)122-94(110-112-96(122)99(144)106-8-2)75-54-73(63(5)6)81(127)56-83(75)129)13-10-9-11-14-70(123)15-12-16-79(125)76(27-31-86(103)132)108-97(142)66(21-30-85(102)131)52-84(130)77(28-32-87(104)133)107-88(134)33-29-78(101(146)147)118-45-39-116(60-91(138)139)37-35-115(59-90(136)137)36-38-117(40-46-118)61-92(140)141/h17-20,22-25,53-56,62-63,66-67,76-78,126-129H,7-16,21,26-52,57-61H2,1-6H3,(H2,102,131)(H2,103,132)(H2,104,133)(H,105,143)(H,106,144)(H,107,134)(H,108,142)(H,136,137)(H,138,139)(H,140,141)(H,146,147)/t66-,67+,76+,77+,78+/m0/s1. The van der Waals surface area contributed by atoms with Crippen LogP contribution in [0.2, 0.25) is 0 Å². The van der Waals surface area contributed by atoms with Crippen molar-refractivity contribution >= 4 is 100 Å². The van der Waals surface area contributed by atoms with Crippen LogP contribution in [0.15, 0.2) is 72.8 Å². The molecule has 0 aliphatic carbocycles. The van der Waals surface area contributed by atoms with Gasteiger partial charge in [0.25, 0.3) is 11.8 Å². The van der Waals surface area contributed by atoms with E-state index in [9.17, 15) is 122 Å². The molecule has 0 radical (unpaired) electrons. The fourth-order valence-electron chi connectivity index (χ4n) is 18.4. The number of phenolic OH excluding ortho intramolecular Hbond substituents is 4. The number of piperazine rings is 2. The number of hydrogen-bond donors (Lipinski definition) is 15. The molecule has 3 fully saturated rings. The fraction of sp³-hybridized carbons (Fsp3) is 0.554. The molecule has 6 aromatic rings. The summed E-state index contributed by atoms with van der Waals surface area (Å²) in [5.41, 5.74) is 21.0. The molecule has 2 aromatic heterocycles. The van der Waals surface area contributed by atoms with Crippen molar-refractivity contribution in [1.82, 2.24) is 90.0 Å². The topological polar surface area (TPSA) is 666 Å². The van der Waals surface area contributed by atoms with Gasteiger partial charge in [-0.1, -0.05) is 64.8 Å². The van der Waals surface area contributed by atoms with Gasteiger partial charge < -0.3 is 89.1 Å². The second-order valence-electron chi connectivity index (χ2n) is 38.2. The molecule has 9 rings (SSSR count). The van der Waals surface area contributed by atoms with Crippen LogP contribution < -0.4 is 38.5 Å². The predicted molar refractivity (Wildman–Crippen MR) is 534 cm³/mol. The zero-order chi connectivity index (χ0) is 107. The number of carbonyl (C=O) groups is 17. The first-order chi connectivity index (χ1) is 70.0. The highest BCUT2D eigenvalue weighted by molar-refractivity contribution is 5.97. The average molecular weight is 2050 g/mol. The number of aliphatic carboxylic acids is 4.